The average molecular weight is 390 g/mol. The van der Waals surface area contributed by atoms with Crippen molar-refractivity contribution in [2.45, 2.75) is 13.5 Å². The molecule has 7 heteroatoms. The maximum absolute atomic E-state index is 12.1. The molecule has 0 radical (unpaired) electrons. The highest BCUT2D eigenvalue weighted by Crippen LogP contribution is 2.24. The first kappa shape index (κ1) is 20.7. The molecular formula is C20H24ClN3O3. The molecule has 0 fully saturated rings. The summed E-state index contributed by atoms with van der Waals surface area (Å²) < 4.78 is 5.23. The lowest BCUT2D eigenvalue weighted by atomic mass is 10.2. The molecule has 0 heterocycles. The summed E-state index contributed by atoms with van der Waals surface area (Å²) in [4.78, 5) is 26.0. The van der Waals surface area contributed by atoms with Crippen LogP contribution in [0.5, 0.6) is 5.75 Å². The number of hydrogen-bond acceptors (Lipinski definition) is 4. The summed E-state index contributed by atoms with van der Waals surface area (Å²) in [7, 11) is 3.36. The van der Waals surface area contributed by atoms with Crippen LogP contribution in [0.25, 0.3) is 0 Å². The number of rotatable bonds is 8. The minimum Gasteiger partial charge on any atom is -0.495 e. The maximum atomic E-state index is 12.1. The Morgan fingerprint density at radius 3 is 2.59 bits per heavy atom. The molecule has 0 saturated carbocycles. The van der Waals surface area contributed by atoms with Gasteiger partial charge in [0.15, 0.2) is 0 Å². The van der Waals surface area contributed by atoms with Crippen LogP contribution >= 0.6 is 11.6 Å². The fraction of sp³-hybridized carbons (Fsp3) is 0.300. The molecule has 0 aliphatic carbocycles. The molecule has 0 saturated heterocycles. The van der Waals surface area contributed by atoms with Gasteiger partial charge in [0, 0.05) is 11.6 Å². The van der Waals surface area contributed by atoms with Gasteiger partial charge in [-0.3, -0.25) is 14.5 Å². The van der Waals surface area contributed by atoms with Crippen LogP contribution in [0.2, 0.25) is 5.02 Å². The molecule has 0 aromatic heterocycles. The van der Waals surface area contributed by atoms with Gasteiger partial charge in [0.25, 0.3) is 0 Å². The molecule has 6 nitrogen and oxygen atoms in total. The number of likely N-dealkylation sites (N-methyl/N-ethyl adjacent to an activating group) is 1. The van der Waals surface area contributed by atoms with Gasteiger partial charge < -0.3 is 15.4 Å². The molecular weight excluding hydrogens is 366 g/mol. The van der Waals surface area contributed by atoms with Crippen molar-refractivity contribution in [3.8, 4) is 5.75 Å². The first-order valence-corrected chi connectivity index (χ1v) is 8.90. The second kappa shape index (κ2) is 9.94. The summed E-state index contributed by atoms with van der Waals surface area (Å²) in [6.45, 7) is 2.51. The smallest absolute Gasteiger partial charge is 0.243 e. The van der Waals surface area contributed by atoms with Crippen LogP contribution in [0, 0.1) is 6.92 Å². The summed E-state index contributed by atoms with van der Waals surface area (Å²) in [6, 6.07) is 13.0. The third-order valence-corrected chi connectivity index (χ3v) is 4.26. The number of halogens is 1. The Hall–Kier alpha value is -2.57. The number of anilines is 1. The topological polar surface area (TPSA) is 70.7 Å². The fourth-order valence-electron chi connectivity index (χ4n) is 2.57. The van der Waals surface area contributed by atoms with E-state index in [-0.39, 0.29) is 24.9 Å². The monoisotopic (exact) mass is 389 g/mol. The Morgan fingerprint density at radius 1 is 1.15 bits per heavy atom. The SMILES string of the molecule is COc1ccc(C)cc1NC(=O)CNC(=O)CN(C)Cc1ccccc1Cl. The van der Waals surface area contributed by atoms with Crippen molar-refractivity contribution in [2.75, 3.05) is 32.6 Å². The van der Waals surface area contributed by atoms with E-state index in [2.05, 4.69) is 10.6 Å². The van der Waals surface area contributed by atoms with E-state index in [1.54, 1.807) is 6.07 Å². The standard InChI is InChI=1S/C20H24ClN3O3/c1-14-8-9-18(27-3)17(10-14)23-19(25)11-22-20(26)13-24(2)12-15-6-4-5-7-16(15)21/h4-10H,11-13H2,1-3H3,(H,22,26)(H,23,25). The van der Waals surface area contributed by atoms with Crippen molar-refractivity contribution >= 4 is 29.1 Å². The summed E-state index contributed by atoms with van der Waals surface area (Å²) in [5.74, 6) is 0.0108. The number of ether oxygens (including phenoxy) is 1. The van der Waals surface area contributed by atoms with Crippen LogP contribution in [0.1, 0.15) is 11.1 Å². The lowest BCUT2D eigenvalue weighted by molar-refractivity contribution is -0.124. The Bertz CT molecular complexity index is 811. The van der Waals surface area contributed by atoms with Gasteiger partial charge in [0.05, 0.1) is 25.9 Å². The molecule has 0 aliphatic heterocycles. The number of methoxy groups -OCH3 is 1. The minimum atomic E-state index is -0.319. The van der Waals surface area contributed by atoms with E-state index in [1.165, 1.54) is 7.11 Å². The first-order valence-electron chi connectivity index (χ1n) is 8.52. The molecule has 0 unspecified atom stereocenters. The molecule has 2 aromatic rings. The summed E-state index contributed by atoms with van der Waals surface area (Å²) in [6.07, 6.45) is 0. The highest BCUT2D eigenvalue weighted by molar-refractivity contribution is 6.31. The summed E-state index contributed by atoms with van der Waals surface area (Å²) in [5.41, 5.74) is 2.52. The van der Waals surface area contributed by atoms with Crippen LogP contribution in [0.3, 0.4) is 0 Å². The number of carbonyl (C=O) groups is 2. The molecule has 2 rings (SSSR count). The Balaban J connectivity index is 1.80. The van der Waals surface area contributed by atoms with Crippen LogP contribution in [0.15, 0.2) is 42.5 Å². The number of nitrogens with zero attached hydrogens (tertiary/aromatic N) is 1. The van der Waals surface area contributed by atoms with Crippen molar-refractivity contribution in [1.29, 1.82) is 0 Å². The van der Waals surface area contributed by atoms with Gasteiger partial charge in [0.2, 0.25) is 11.8 Å². The van der Waals surface area contributed by atoms with E-state index in [1.807, 2.05) is 55.3 Å². The minimum absolute atomic E-state index is 0.115. The van der Waals surface area contributed by atoms with Gasteiger partial charge in [-0.05, 0) is 43.3 Å². The van der Waals surface area contributed by atoms with Crippen LogP contribution in [-0.2, 0) is 16.1 Å². The highest BCUT2D eigenvalue weighted by atomic mass is 35.5. The fourth-order valence-corrected chi connectivity index (χ4v) is 2.76. The van der Waals surface area contributed by atoms with Gasteiger partial charge in [-0.2, -0.15) is 0 Å². The second-order valence-electron chi connectivity index (χ2n) is 6.29. The van der Waals surface area contributed by atoms with E-state index in [4.69, 9.17) is 16.3 Å². The van der Waals surface area contributed by atoms with E-state index in [0.717, 1.165) is 11.1 Å². The molecule has 2 aromatic carbocycles. The third-order valence-electron chi connectivity index (χ3n) is 3.89. The van der Waals surface area contributed by atoms with Crippen molar-refractivity contribution in [3.05, 3.63) is 58.6 Å². The van der Waals surface area contributed by atoms with Gasteiger partial charge in [-0.15, -0.1) is 0 Å². The summed E-state index contributed by atoms with van der Waals surface area (Å²) >= 11 is 6.13. The Morgan fingerprint density at radius 2 is 1.89 bits per heavy atom. The predicted molar refractivity (Wildman–Crippen MR) is 107 cm³/mol. The molecule has 2 amide bonds. The normalized spacial score (nSPS) is 10.6. The van der Waals surface area contributed by atoms with Crippen molar-refractivity contribution in [1.82, 2.24) is 10.2 Å². The van der Waals surface area contributed by atoms with Gasteiger partial charge in [-0.1, -0.05) is 35.9 Å². The van der Waals surface area contributed by atoms with Crippen molar-refractivity contribution in [2.24, 2.45) is 0 Å². The molecule has 0 bridgehead atoms. The van der Waals surface area contributed by atoms with Crippen LogP contribution < -0.4 is 15.4 Å². The molecule has 0 atom stereocenters. The number of benzene rings is 2. The molecule has 0 spiro atoms. The Labute approximate surface area is 164 Å². The van der Waals surface area contributed by atoms with E-state index in [9.17, 15) is 9.59 Å². The lowest BCUT2D eigenvalue weighted by Crippen LogP contribution is -2.39. The molecule has 144 valence electrons. The van der Waals surface area contributed by atoms with Crippen molar-refractivity contribution in [3.63, 3.8) is 0 Å². The number of amides is 2. The zero-order valence-electron chi connectivity index (χ0n) is 15.7. The second-order valence-corrected chi connectivity index (χ2v) is 6.70. The first-order chi connectivity index (χ1) is 12.9. The zero-order valence-corrected chi connectivity index (χ0v) is 16.5. The largest absolute Gasteiger partial charge is 0.495 e. The predicted octanol–water partition coefficient (Wildman–Crippen LogP) is 2.84. The molecule has 27 heavy (non-hydrogen) atoms. The summed E-state index contributed by atoms with van der Waals surface area (Å²) in [5, 5.41) is 6.03. The zero-order chi connectivity index (χ0) is 19.8. The molecule has 2 N–H and O–H groups in total. The van der Waals surface area contributed by atoms with Gasteiger partial charge in [-0.25, -0.2) is 0 Å². The Kier molecular flexibility index (Phi) is 7.64. The number of aryl methyl sites for hydroxylation is 1. The quantitative estimate of drug-likeness (QED) is 0.728. The van der Waals surface area contributed by atoms with E-state index >= 15 is 0 Å². The maximum Gasteiger partial charge on any atom is 0.243 e. The van der Waals surface area contributed by atoms with Crippen LogP contribution in [0.4, 0.5) is 5.69 Å². The number of carbonyl (C=O) groups excluding carboxylic acids is 2. The van der Waals surface area contributed by atoms with E-state index < -0.39 is 0 Å². The average Bonchev–Trinajstić information content (AvgIpc) is 2.62. The van der Waals surface area contributed by atoms with E-state index in [0.29, 0.717) is 23.0 Å². The number of hydrogen-bond donors (Lipinski definition) is 2. The van der Waals surface area contributed by atoms with Crippen LogP contribution in [-0.4, -0.2) is 44.0 Å². The molecule has 0 aliphatic rings. The lowest BCUT2D eigenvalue weighted by Gasteiger charge is -2.17. The highest BCUT2D eigenvalue weighted by Gasteiger charge is 2.12. The third kappa shape index (κ3) is 6.58. The van der Waals surface area contributed by atoms with Gasteiger partial charge >= 0.3 is 0 Å². The van der Waals surface area contributed by atoms with Gasteiger partial charge in [0.1, 0.15) is 5.75 Å². The van der Waals surface area contributed by atoms with Crippen molar-refractivity contribution < 1.29 is 14.3 Å². The number of nitrogens with one attached hydrogen (secondary N) is 2.